The van der Waals surface area contributed by atoms with E-state index in [9.17, 15) is 0 Å². The van der Waals surface area contributed by atoms with Crippen LogP contribution in [0, 0.1) is 0 Å². The molecule has 27 heavy (non-hydrogen) atoms. The number of hydrogen-bond acceptors (Lipinski definition) is 3. The van der Waals surface area contributed by atoms with Gasteiger partial charge in [-0.2, -0.15) is 0 Å². The van der Waals surface area contributed by atoms with E-state index < -0.39 is 0 Å². The zero-order valence-electron chi connectivity index (χ0n) is 17.9. The Morgan fingerprint density at radius 3 is 1.30 bits per heavy atom. The third-order valence-corrected chi connectivity index (χ3v) is 9.56. The molecule has 0 fully saturated rings. The molecule has 0 unspecified atom stereocenters. The number of rotatable bonds is 4. The van der Waals surface area contributed by atoms with Crippen LogP contribution >= 0.6 is 34.0 Å². The highest BCUT2D eigenvalue weighted by atomic mass is 32.1. The van der Waals surface area contributed by atoms with Gasteiger partial charge in [-0.05, 0) is 59.1 Å². The van der Waals surface area contributed by atoms with Crippen molar-refractivity contribution in [1.29, 1.82) is 0 Å². The lowest BCUT2D eigenvalue weighted by Gasteiger charge is -2.15. The van der Waals surface area contributed by atoms with E-state index in [0.29, 0.717) is 0 Å². The molecule has 0 spiro atoms. The van der Waals surface area contributed by atoms with E-state index in [1.165, 1.54) is 40.4 Å². The Morgan fingerprint density at radius 1 is 0.630 bits per heavy atom. The molecule has 0 saturated heterocycles. The zero-order chi connectivity index (χ0) is 20.0. The minimum atomic E-state index is 0.220. The highest BCUT2D eigenvalue weighted by molar-refractivity contribution is 7.26. The molecule has 0 aromatic carbocycles. The summed E-state index contributed by atoms with van der Waals surface area (Å²) in [4.78, 5) is 8.79. The second-order valence-electron chi connectivity index (χ2n) is 9.30. The molecule has 3 aromatic heterocycles. The fourth-order valence-corrected chi connectivity index (χ4v) is 7.04. The van der Waals surface area contributed by atoms with Gasteiger partial charge in [0.05, 0.1) is 0 Å². The van der Waals surface area contributed by atoms with Crippen LogP contribution in [0.2, 0.25) is 0 Å². The summed E-state index contributed by atoms with van der Waals surface area (Å²) in [7, 11) is 0. The molecule has 0 amide bonds. The molecule has 146 valence electrons. The molecule has 0 aliphatic heterocycles. The van der Waals surface area contributed by atoms with Crippen molar-refractivity contribution in [3.05, 3.63) is 45.1 Å². The molecule has 3 heteroatoms. The van der Waals surface area contributed by atoms with Crippen LogP contribution in [0.25, 0.3) is 19.5 Å². The predicted octanol–water partition coefficient (Wildman–Crippen LogP) is 8.92. The van der Waals surface area contributed by atoms with Crippen LogP contribution in [0.5, 0.6) is 0 Å². The van der Waals surface area contributed by atoms with Crippen LogP contribution in [0.4, 0.5) is 0 Å². The molecule has 0 nitrogen and oxygen atoms in total. The van der Waals surface area contributed by atoms with Gasteiger partial charge in [-0.25, -0.2) is 0 Å². The first kappa shape index (κ1) is 20.8. The normalized spacial score (nSPS) is 12.7. The van der Waals surface area contributed by atoms with Crippen molar-refractivity contribution < 1.29 is 0 Å². The average Bonchev–Trinajstić information content (AvgIpc) is 3.28. The summed E-state index contributed by atoms with van der Waals surface area (Å²) in [6, 6.07) is 9.54. The van der Waals surface area contributed by atoms with Crippen molar-refractivity contribution in [3.8, 4) is 19.5 Å². The summed E-state index contributed by atoms with van der Waals surface area (Å²) in [6.45, 7) is 18.4. The van der Waals surface area contributed by atoms with Crippen LogP contribution in [0.1, 0.15) is 76.3 Å². The lowest BCUT2D eigenvalue weighted by molar-refractivity contribution is 0.603. The molecule has 0 radical (unpaired) electrons. The minimum absolute atomic E-state index is 0.220. The van der Waals surface area contributed by atoms with Crippen LogP contribution in [-0.2, 0) is 23.7 Å². The Morgan fingerprint density at radius 2 is 1.00 bits per heavy atom. The lowest BCUT2D eigenvalue weighted by atomic mass is 9.94. The average molecular weight is 417 g/mol. The van der Waals surface area contributed by atoms with Gasteiger partial charge in [0, 0.05) is 29.3 Å². The maximum absolute atomic E-state index is 2.43. The van der Waals surface area contributed by atoms with Crippen LogP contribution in [0.15, 0.2) is 24.3 Å². The van der Waals surface area contributed by atoms with Crippen LogP contribution in [0.3, 0.4) is 0 Å². The first-order valence-electron chi connectivity index (χ1n) is 9.91. The Labute approximate surface area is 177 Å². The van der Waals surface area contributed by atoms with E-state index in [4.69, 9.17) is 0 Å². The summed E-state index contributed by atoms with van der Waals surface area (Å²) in [5, 5.41) is 0. The van der Waals surface area contributed by atoms with E-state index in [0.717, 1.165) is 12.8 Å². The Kier molecular flexibility index (Phi) is 5.78. The number of thiophene rings is 3. The summed E-state index contributed by atoms with van der Waals surface area (Å²) in [6.07, 6.45) is 2.20. The monoisotopic (exact) mass is 416 g/mol. The smallest absolute Gasteiger partial charge is 0.0477 e. The number of hydrogen-bond donors (Lipinski definition) is 0. The van der Waals surface area contributed by atoms with Gasteiger partial charge in [0.25, 0.3) is 0 Å². The lowest BCUT2D eigenvalue weighted by Crippen LogP contribution is -2.07. The second kappa shape index (κ2) is 7.50. The van der Waals surface area contributed by atoms with Gasteiger partial charge in [-0.1, -0.05) is 55.4 Å². The molecule has 0 bridgehead atoms. The van der Waals surface area contributed by atoms with Crippen LogP contribution in [-0.4, -0.2) is 0 Å². The van der Waals surface area contributed by atoms with Crippen LogP contribution < -0.4 is 0 Å². The van der Waals surface area contributed by atoms with Gasteiger partial charge in [-0.3, -0.25) is 0 Å². The third kappa shape index (κ3) is 4.26. The summed E-state index contributed by atoms with van der Waals surface area (Å²) >= 11 is 5.94. The first-order valence-corrected chi connectivity index (χ1v) is 12.4. The van der Waals surface area contributed by atoms with Crippen molar-refractivity contribution in [2.24, 2.45) is 0 Å². The van der Waals surface area contributed by atoms with Gasteiger partial charge >= 0.3 is 0 Å². The van der Waals surface area contributed by atoms with Crippen molar-refractivity contribution >= 4 is 34.0 Å². The fourth-order valence-electron chi connectivity index (χ4n) is 3.12. The van der Waals surface area contributed by atoms with Crippen molar-refractivity contribution in [2.45, 2.75) is 79.1 Å². The third-order valence-electron chi connectivity index (χ3n) is 4.91. The summed E-state index contributed by atoms with van der Waals surface area (Å²) in [5.74, 6) is 0. The van der Waals surface area contributed by atoms with Gasteiger partial charge < -0.3 is 0 Å². The Bertz CT molecular complexity index is 845. The van der Waals surface area contributed by atoms with E-state index in [1.54, 1.807) is 0 Å². The minimum Gasteiger partial charge on any atom is -0.139 e. The second-order valence-corrected chi connectivity index (χ2v) is 12.5. The SMILES string of the molecule is CCc1cc(C(C)(C)C)sc1-c1ccc(-c2sc(C(C)(C)C)cc2CC)s1. The predicted molar refractivity (Wildman–Crippen MR) is 127 cm³/mol. The Hall–Kier alpha value is -0.900. The van der Waals surface area contributed by atoms with Gasteiger partial charge in [0.2, 0.25) is 0 Å². The molecule has 3 heterocycles. The van der Waals surface area contributed by atoms with E-state index >= 15 is 0 Å². The molecule has 3 rings (SSSR count). The molecule has 0 atom stereocenters. The van der Waals surface area contributed by atoms with Gasteiger partial charge in [0.15, 0.2) is 0 Å². The zero-order valence-corrected chi connectivity index (χ0v) is 20.4. The molecule has 0 N–H and O–H groups in total. The van der Waals surface area contributed by atoms with E-state index in [2.05, 4.69) is 79.7 Å². The van der Waals surface area contributed by atoms with Crippen molar-refractivity contribution in [3.63, 3.8) is 0 Å². The number of aryl methyl sites for hydroxylation is 2. The molecular formula is C24H32S3. The fraction of sp³-hybridized carbons (Fsp3) is 0.500. The molecule has 0 aliphatic rings. The quantitative estimate of drug-likeness (QED) is 0.398. The standard InChI is InChI=1S/C24H32S3/c1-9-15-13-19(23(3,4)5)26-21(15)17-11-12-18(25-17)22-16(10-2)14-20(27-22)24(6,7)8/h11-14H,9-10H2,1-8H3. The van der Waals surface area contributed by atoms with E-state index in [-0.39, 0.29) is 10.8 Å². The topological polar surface area (TPSA) is 0 Å². The first-order chi connectivity index (χ1) is 12.5. The van der Waals surface area contributed by atoms with Gasteiger partial charge in [0.1, 0.15) is 0 Å². The molecule has 3 aromatic rings. The summed E-state index contributed by atoms with van der Waals surface area (Å²) < 4.78 is 0. The molecular weight excluding hydrogens is 384 g/mol. The van der Waals surface area contributed by atoms with Crippen molar-refractivity contribution in [1.82, 2.24) is 0 Å². The summed E-state index contributed by atoms with van der Waals surface area (Å²) in [5.41, 5.74) is 3.43. The highest BCUT2D eigenvalue weighted by Crippen LogP contribution is 2.46. The van der Waals surface area contributed by atoms with Crippen molar-refractivity contribution in [2.75, 3.05) is 0 Å². The maximum atomic E-state index is 2.43. The van der Waals surface area contributed by atoms with Gasteiger partial charge in [-0.15, -0.1) is 34.0 Å². The largest absolute Gasteiger partial charge is 0.139 e. The highest BCUT2D eigenvalue weighted by Gasteiger charge is 2.23. The molecule has 0 aliphatic carbocycles. The van der Waals surface area contributed by atoms with E-state index in [1.807, 2.05) is 34.0 Å². The Balaban J connectivity index is 2.04. The molecule has 0 saturated carbocycles. The maximum Gasteiger partial charge on any atom is 0.0477 e.